The molecule has 0 unspecified atom stereocenters. The molecule has 0 saturated carbocycles. The zero-order valence-corrected chi connectivity index (χ0v) is 18.5. The third kappa shape index (κ3) is 3.95. The molecule has 0 radical (unpaired) electrons. The SMILES string of the molecule is C=CCn1c(SCc2nnnn2CCC)nc2scc(-c3ccc(C)cc3)c2c1=O. The number of benzene rings is 1. The number of fused-ring (bicyclic) bond motifs is 1. The molecule has 154 valence electrons. The van der Waals surface area contributed by atoms with Gasteiger partial charge in [0.25, 0.3) is 5.56 Å². The summed E-state index contributed by atoms with van der Waals surface area (Å²) in [5.41, 5.74) is 3.08. The average Bonchev–Trinajstić information content (AvgIpc) is 3.37. The van der Waals surface area contributed by atoms with Gasteiger partial charge in [-0.15, -0.1) is 23.0 Å². The highest BCUT2D eigenvalue weighted by molar-refractivity contribution is 7.98. The van der Waals surface area contributed by atoms with E-state index in [1.807, 2.05) is 17.5 Å². The molecular formula is C21H22N6OS2. The summed E-state index contributed by atoms with van der Waals surface area (Å²) < 4.78 is 3.47. The summed E-state index contributed by atoms with van der Waals surface area (Å²) >= 11 is 2.96. The summed E-state index contributed by atoms with van der Waals surface area (Å²) in [4.78, 5) is 19.0. The van der Waals surface area contributed by atoms with Crippen LogP contribution >= 0.6 is 23.1 Å². The van der Waals surface area contributed by atoms with E-state index >= 15 is 0 Å². The van der Waals surface area contributed by atoms with E-state index in [0.717, 1.165) is 34.7 Å². The smallest absolute Gasteiger partial charge is 0.263 e. The van der Waals surface area contributed by atoms with Crippen molar-refractivity contribution in [3.8, 4) is 11.1 Å². The van der Waals surface area contributed by atoms with Gasteiger partial charge in [-0.1, -0.05) is 54.6 Å². The van der Waals surface area contributed by atoms with E-state index in [2.05, 4.69) is 48.1 Å². The molecule has 0 bridgehead atoms. The maximum Gasteiger partial charge on any atom is 0.263 e. The van der Waals surface area contributed by atoms with Crippen LogP contribution in [-0.4, -0.2) is 29.8 Å². The monoisotopic (exact) mass is 438 g/mol. The Labute approximate surface area is 182 Å². The first kappa shape index (κ1) is 20.5. The van der Waals surface area contributed by atoms with Crippen molar-refractivity contribution < 1.29 is 0 Å². The van der Waals surface area contributed by atoms with E-state index in [0.29, 0.717) is 22.8 Å². The van der Waals surface area contributed by atoms with Gasteiger partial charge in [0.05, 0.1) is 11.1 Å². The molecule has 0 N–H and O–H groups in total. The summed E-state index contributed by atoms with van der Waals surface area (Å²) in [5.74, 6) is 1.31. The average molecular weight is 439 g/mol. The molecule has 1 aromatic carbocycles. The lowest BCUT2D eigenvalue weighted by Crippen LogP contribution is -2.22. The van der Waals surface area contributed by atoms with Gasteiger partial charge >= 0.3 is 0 Å². The van der Waals surface area contributed by atoms with Crippen LogP contribution in [0.15, 0.2) is 52.3 Å². The standard InChI is InChI=1S/C21H22N6OS2/c1-4-10-26-20(28)18-16(15-8-6-14(3)7-9-15)12-29-19(18)22-21(26)30-13-17-23-24-25-27(17)11-5-2/h4,6-9,12H,1,5,10-11,13H2,2-3H3. The molecule has 30 heavy (non-hydrogen) atoms. The summed E-state index contributed by atoms with van der Waals surface area (Å²) in [6.07, 6.45) is 2.67. The predicted molar refractivity (Wildman–Crippen MR) is 122 cm³/mol. The van der Waals surface area contributed by atoms with Crippen LogP contribution in [-0.2, 0) is 18.8 Å². The van der Waals surface area contributed by atoms with Gasteiger partial charge in [0, 0.05) is 24.0 Å². The van der Waals surface area contributed by atoms with Crippen molar-refractivity contribution in [2.24, 2.45) is 0 Å². The van der Waals surface area contributed by atoms with Crippen molar-refractivity contribution in [1.82, 2.24) is 29.8 Å². The van der Waals surface area contributed by atoms with Crippen LogP contribution in [0.5, 0.6) is 0 Å². The normalized spacial score (nSPS) is 11.3. The summed E-state index contributed by atoms with van der Waals surface area (Å²) in [6.45, 7) is 9.11. The summed E-state index contributed by atoms with van der Waals surface area (Å²) in [6, 6.07) is 8.20. The van der Waals surface area contributed by atoms with Crippen LogP contribution in [0.2, 0.25) is 0 Å². The number of aryl methyl sites for hydroxylation is 2. The molecular weight excluding hydrogens is 416 g/mol. The van der Waals surface area contributed by atoms with E-state index in [-0.39, 0.29) is 5.56 Å². The maximum atomic E-state index is 13.4. The van der Waals surface area contributed by atoms with Crippen LogP contribution in [0.1, 0.15) is 24.7 Å². The number of tetrazole rings is 1. The zero-order valence-electron chi connectivity index (χ0n) is 16.9. The molecule has 4 rings (SSSR count). The molecule has 3 heterocycles. The number of hydrogen-bond acceptors (Lipinski definition) is 7. The highest BCUT2D eigenvalue weighted by atomic mass is 32.2. The minimum absolute atomic E-state index is 0.0487. The van der Waals surface area contributed by atoms with Crippen LogP contribution < -0.4 is 5.56 Å². The van der Waals surface area contributed by atoms with Crippen LogP contribution in [0.25, 0.3) is 21.3 Å². The first-order valence-corrected chi connectivity index (χ1v) is 11.6. The number of rotatable bonds is 8. The van der Waals surface area contributed by atoms with Crippen molar-refractivity contribution in [2.75, 3.05) is 0 Å². The van der Waals surface area contributed by atoms with Gasteiger partial charge < -0.3 is 0 Å². The summed E-state index contributed by atoms with van der Waals surface area (Å²) in [7, 11) is 0. The second kappa shape index (κ2) is 8.93. The fourth-order valence-corrected chi connectivity index (χ4v) is 5.12. The molecule has 0 atom stereocenters. The van der Waals surface area contributed by atoms with Gasteiger partial charge in [-0.25, -0.2) is 9.67 Å². The topological polar surface area (TPSA) is 78.5 Å². The van der Waals surface area contributed by atoms with Gasteiger partial charge in [-0.05, 0) is 29.3 Å². The second-order valence-electron chi connectivity index (χ2n) is 6.90. The van der Waals surface area contributed by atoms with Gasteiger partial charge in [0.15, 0.2) is 11.0 Å². The number of thioether (sulfide) groups is 1. The Hall–Kier alpha value is -2.78. The van der Waals surface area contributed by atoms with Crippen molar-refractivity contribution in [1.29, 1.82) is 0 Å². The lowest BCUT2D eigenvalue weighted by molar-refractivity contribution is 0.564. The Bertz CT molecular complexity index is 1240. The summed E-state index contributed by atoms with van der Waals surface area (Å²) in [5, 5.41) is 15.2. The molecule has 9 heteroatoms. The lowest BCUT2D eigenvalue weighted by atomic mass is 10.1. The molecule has 0 amide bonds. The molecule has 0 aliphatic rings. The van der Waals surface area contributed by atoms with Crippen molar-refractivity contribution in [3.05, 3.63) is 64.0 Å². The fourth-order valence-electron chi connectivity index (χ4n) is 3.19. The first-order valence-electron chi connectivity index (χ1n) is 9.70. The van der Waals surface area contributed by atoms with Gasteiger partial charge in [0.2, 0.25) is 0 Å². The van der Waals surface area contributed by atoms with E-state index in [1.54, 1.807) is 15.3 Å². The third-order valence-corrected chi connectivity index (χ3v) is 6.55. The predicted octanol–water partition coefficient (Wildman–Crippen LogP) is 4.31. The lowest BCUT2D eigenvalue weighted by Gasteiger charge is -2.11. The quantitative estimate of drug-likeness (QED) is 0.232. The van der Waals surface area contributed by atoms with Crippen molar-refractivity contribution in [2.45, 2.75) is 44.3 Å². The first-order chi connectivity index (χ1) is 14.6. The number of aromatic nitrogens is 6. The van der Waals surface area contributed by atoms with Gasteiger partial charge in [0.1, 0.15) is 4.83 Å². The number of nitrogens with zero attached hydrogens (tertiary/aromatic N) is 6. The number of thiophene rings is 1. The number of allylic oxidation sites excluding steroid dienone is 1. The minimum atomic E-state index is -0.0487. The molecule has 0 fully saturated rings. The molecule has 0 aliphatic carbocycles. The number of hydrogen-bond donors (Lipinski definition) is 0. The maximum absolute atomic E-state index is 13.4. The van der Waals surface area contributed by atoms with E-state index in [4.69, 9.17) is 4.98 Å². The highest BCUT2D eigenvalue weighted by Crippen LogP contribution is 2.32. The third-order valence-electron chi connectivity index (χ3n) is 4.70. The highest BCUT2D eigenvalue weighted by Gasteiger charge is 2.18. The van der Waals surface area contributed by atoms with Crippen LogP contribution in [0.4, 0.5) is 0 Å². The zero-order chi connectivity index (χ0) is 21.1. The Morgan fingerprint density at radius 3 is 2.80 bits per heavy atom. The Morgan fingerprint density at radius 2 is 2.07 bits per heavy atom. The Balaban J connectivity index is 1.74. The van der Waals surface area contributed by atoms with Crippen molar-refractivity contribution in [3.63, 3.8) is 0 Å². The Morgan fingerprint density at radius 1 is 1.27 bits per heavy atom. The molecule has 0 saturated heterocycles. The van der Waals surface area contributed by atoms with Crippen molar-refractivity contribution >= 4 is 33.3 Å². The molecule has 7 nitrogen and oxygen atoms in total. The van der Waals surface area contributed by atoms with E-state index < -0.39 is 0 Å². The largest absolute Gasteiger partial charge is 0.283 e. The fraction of sp³-hybridized carbons (Fsp3) is 0.286. The van der Waals surface area contributed by atoms with Crippen LogP contribution in [0.3, 0.4) is 0 Å². The minimum Gasteiger partial charge on any atom is -0.283 e. The van der Waals surface area contributed by atoms with E-state index in [9.17, 15) is 4.79 Å². The molecule has 4 aromatic rings. The Kier molecular flexibility index (Phi) is 6.10. The van der Waals surface area contributed by atoms with Gasteiger partial charge in [-0.3, -0.25) is 9.36 Å². The van der Waals surface area contributed by atoms with Gasteiger partial charge in [-0.2, -0.15) is 0 Å². The van der Waals surface area contributed by atoms with E-state index in [1.165, 1.54) is 28.7 Å². The second-order valence-corrected chi connectivity index (χ2v) is 8.70. The molecule has 0 aliphatic heterocycles. The van der Waals surface area contributed by atoms with Crippen LogP contribution in [0, 0.1) is 6.92 Å². The molecule has 3 aromatic heterocycles. The molecule has 0 spiro atoms.